The zero-order valence-corrected chi connectivity index (χ0v) is 16.1. The fourth-order valence-corrected chi connectivity index (χ4v) is 5.77. The Balaban J connectivity index is 1.70. The Morgan fingerprint density at radius 2 is 2.00 bits per heavy atom. The summed E-state index contributed by atoms with van der Waals surface area (Å²) < 4.78 is 68.2. The Morgan fingerprint density at radius 3 is 2.68 bits per heavy atom. The minimum atomic E-state index is -4.85. The second-order valence-corrected chi connectivity index (χ2v) is 9.14. The summed E-state index contributed by atoms with van der Waals surface area (Å²) in [5.74, 6) is -0.968. The van der Waals surface area contributed by atoms with Crippen molar-refractivity contribution in [3.05, 3.63) is 47.3 Å². The lowest BCUT2D eigenvalue weighted by atomic mass is 10.2. The van der Waals surface area contributed by atoms with Gasteiger partial charge in [-0.2, -0.15) is 4.31 Å². The molecule has 0 saturated carbocycles. The molecular weight excluding hydrogens is 417 g/mol. The minimum absolute atomic E-state index is 0.138. The largest absolute Gasteiger partial charge is 0.573 e. The van der Waals surface area contributed by atoms with Crippen LogP contribution < -0.4 is 10.1 Å². The molecule has 0 unspecified atom stereocenters. The number of hydrogen-bond acceptors (Lipinski definition) is 5. The predicted octanol–water partition coefficient (Wildman–Crippen LogP) is 3.12. The number of ether oxygens (including phenoxy) is 1. The van der Waals surface area contributed by atoms with E-state index in [0.717, 1.165) is 21.7 Å². The second kappa shape index (κ2) is 8.10. The molecule has 3 rings (SSSR count). The van der Waals surface area contributed by atoms with Gasteiger partial charge in [-0.3, -0.25) is 4.79 Å². The molecule has 0 bridgehead atoms. The summed E-state index contributed by atoms with van der Waals surface area (Å²) in [4.78, 5) is 12.6. The molecule has 2 heterocycles. The van der Waals surface area contributed by atoms with E-state index < -0.39 is 34.1 Å². The van der Waals surface area contributed by atoms with Crippen molar-refractivity contribution >= 4 is 27.3 Å². The Bertz CT molecular complexity index is 930. The molecular formula is C17H17F3N2O4S2. The van der Waals surface area contributed by atoms with Crippen LogP contribution in [0.4, 0.5) is 13.2 Å². The fourth-order valence-electron chi connectivity index (χ4n) is 2.99. The molecule has 28 heavy (non-hydrogen) atoms. The fraction of sp³-hybridized carbons (Fsp3) is 0.353. The topological polar surface area (TPSA) is 75.7 Å². The third kappa shape index (κ3) is 4.65. The highest BCUT2D eigenvalue weighted by atomic mass is 32.2. The molecule has 0 radical (unpaired) electrons. The van der Waals surface area contributed by atoms with Crippen LogP contribution in [0, 0.1) is 0 Å². The molecule has 1 saturated heterocycles. The van der Waals surface area contributed by atoms with E-state index in [1.807, 2.05) is 0 Å². The van der Waals surface area contributed by atoms with Crippen LogP contribution >= 0.6 is 11.3 Å². The molecule has 0 aliphatic carbocycles. The highest BCUT2D eigenvalue weighted by Gasteiger charge is 2.40. The van der Waals surface area contributed by atoms with Gasteiger partial charge in [0.15, 0.2) is 0 Å². The average molecular weight is 434 g/mol. The molecule has 2 aromatic rings. The van der Waals surface area contributed by atoms with Crippen LogP contribution in [-0.2, 0) is 21.4 Å². The van der Waals surface area contributed by atoms with E-state index >= 15 is 0 Å². The molecule has 11 heteroatoms. The molecule has 6 nitrogen and oxygen atoms in total. The lowest BCUT2D eigenvalue weighted by Crippen LogP contribution is -2.45. The molecule has 0 spiro atoms. The lowest BCUT2D eigenvalue weighted by Gasteiger charge is -2.23. The van der Waals surface area contributed by atoms with E-state index in [1.165, 1.54) is 24.3 Å². The molecule has 1 fully saturated rings. The van der Waals surface area contributed by atoms with Gasteiger partial charge in [0.2, 0.25) is 5.91 Å². The van der Waals surface area contributed by atoms with Gasteiger partial charge in [0.05, 0.1) is 0 Å². The first-order valence-electron chi connectivity index (χ1n) is 8.35. The van der Waals surface area contributed by atoms with Crippen molar-refractivity contribution in [3.63, 3.8) is 0 Å². The van der Waals surface area contributed by atoms with Gasteiger partial charge in [0, 0.05) is 18.7 Å². The van der Waals surface area contributed by atoms with Crippen LogP contribution in [0.2, 0.25) is 0 Å². The van der Waals surface area contributed by atoms with E-state index in [2.05, 4.69) is 10.1 Å². The highest BCUT2D eigenvalue weighted by Crippen LogP contribution is 2.29. The number of thiophene rings is 1. The van der Waals surface area contributed by atoms with Crippen LogP contribution in [0.15, 0.2) is 46.0 Å². The zero-order valence-electron chi connectivity index (χ0n) is 14.5. The maximum atomic E-state index is 12.7. The maximum absolute atomic E-state index is 12.7. The Morgan fingerprint density at radius 1 is 1.25 bits per heavy atom. The number of sulfonamides is 1. The molecule has 1 atom stereocenters. The number of amides is 1. The predicted molar refractivity (Wildman–Crippen MR) is 96.2 cm³/mol. The molecule has 1 aromatic carbocycles. The van der Waals surface area contributed by atoms with Crippen LogP contribution in [0.25, 0.3) is 0 Å². The van der Waals surface area contributed by atoms with E-state index in [9.17, 15) is 26.4 Å². The van der Waals surface area contributed by atoms with E-state index in [4.69, 9.17) is 0 Å². The number of benzene rings is 1. The molecule has 1 N–H and O–H groups in total. The maximum Gasteiger partial charge on any atom is 0.573 e. The van der Waals surface area contributed by atoms with Crippen molar-refractivity contribution in [2.45, 2.75) is 36.0 Å². The summed E-state index contributed by atoms with van der Waals surface area (Å²) in [5, 5.41) is 4.16. The standard InChI is InChI=1S/C17H17F3N2O4S2/c18-17(19,20)26-14-7-2-1-5-12(14)11-21-16(23)13-6-3-9-22(13)28(24,25)15-8-4-10-27-15/h1-2,4-5,7-8,10,13H,3,6,9,11H2,(H,21,23)/t13-/m1/s1. The van der Waals surface area contributed by atoms with Gasteiger partial charge in [-0.25, -0.2) is 8.42 Å². The van der Waals surface area contributed by atoms with Gasteiger partial charge >= 0.3 is 6.36 Å². The van der Waals surface area contributed by atoms with Crippen LogP contribution in [0.5, 0.6) is 5.75 Å². The number of nitrogens with one attached hydrogen (secondary N) is 1. The molecule has 1 amide bonds. The summed E-state index contributed by atoms with van der Waals surface area (Å²) in [6.45, 7) is 0.000564. The summed E-state index contributed by atoms with van der Waals surface area (Å²) in [7, 11) is -3.79. The van der Waals surface area contributed by atoms with Crippen molar-refractivity contribution < 1.29 is 31.1 Å². The zero-order chi connectivity index (χ0) is 20.4. The Labute approximate surface area is 164 Å². The number of rotatable bonds is 6. The second-order valence-electron chi connectivity index (χ2n) is 6.08. The normalized spacial score (nSPS) is 18.2. The van der Waals surface area contributed by atoms with Gasteiger partial charge in [-0.1, -0.05) is 24.3 Å². The van der Waals surface area contributed by atoms with Gasteiger partial charge in [0.1, 0.15) is 16.0 Å². The lowest BCUT2D eigenvalue weighted by molar-refractivity contribution is -0.274. The van der Waals surface area contributed by atoms with E-state index in [0.29, 0.717) is 12.8 Å². The number of nitrogens with zero attached hydrogens (tertiary/aromatic N) is 1. The first-order valence-corrected chi connectivity index (χ1v) is 10.7. The SMILES string of the molecule is O=C(NCc1ccccc1OC(F)(F)F)[C@H]1CCCN1S(=O)(=O)c1cccs1. The number of alkyl halides is 3. The van der Waals surface area contributed by atoms with Crippen molar-refractivity contribution in [2.24, 2.45) is 0 Å². The van der Waals surface area contributed by atoms with Crippen molar-refractivity contribution in [1.82, 2.24) is 9.62 Å². The number of para-hydroxylation sites is 1. The summed E-state index contributed by atoms with van der Waals surface area (Å²) in [6, 6.07) is 7.64. The quantitative estimate of drug-likeness (QED) is 0.758. The number of hydrogen-bond donors (Lipinski definition) is 1. The third-order valence-corrected chi connectivity index (χ3v) is 7.50. The van der Waals surface area contributed by atoms with Gasteiger partial charge < -0.3 is 10.1 Å². The van der Waals surface area contributed by atoms with E-state index in [-0.39, 0.29) is 22.9 Å². The summed E-state index contributed by atoms with van der Waals surface area (Å²) >= 11 is 1.06. The molecule has 1 aliphatic rings. The average Bonchev–Trinajstić information content (AvgIpc) is 3.31. The minimum Gasteiger partial charge on any atom is -0.405 e. The highest BCUT2D eigenvalue weighted by molar-refractivity contribution is 7.91. The monoisotopic (exact) mass is 434 g/mol. The molecule has 152 valence electrons. The van der Waals surface area contributed by atoms with Gasteiger partial charge in [0.25, 0.3) is 10.0 Å². The smallest absolute Gasteiger partial charge is 0.405 e. The number of carbonyl (C=O) groups is 1. The third-order valence-electron chi connectivity index (χ3n) is 4.22. The summed E-state index contributed by atoms with van der Waals surface area (Å²) in [5.41, 5.74) is 0.138. The first-order chi connectivity index (χ1) is 13.2. The van der Waals surface area contributed by atoms with Crippen molar-refractivity contribution in [1.29, 1.82) is 0 Å². The van der Waals surface area contributed by atoms with Crippen LogP contribution in [0.3, 0.4) is 0 Å². The van der Waals surface area contributed by atoms with Crippen LogP contribution in [-0.4, -0.2) is 37.6 Å². The van der Waals surface area contributed by atoms with Crippen molar-refractivity contribution in [2.75, 3.05) is 6.54 Å². The van der Waals surface area contributed by atoms with Crippen LogP contribution in [0.1, 0.15) is 18.4 Å². The Kier molecular flexibility index (Phi) is 5.96. The molecule has 1 aromatic heterocycles. The van der Waals surface area contributed by atoms with Crippen molar-refractivity contribution in [3.8, 4) is 5.75 Å². The number of carbonyl (C=O) groups excluding carboxylic acids is 1. The van der Waals surface area contributed by atoms with Gasteiger partial charge in [-0.15, -0.1) is 24.5 Å². The summed E-state index contributed by atoms with van der Waals surface area (Å²) in [6.07, 6.45) is -3.98. The number of halogens is 3. The first kappa shape index (κ1) is 20.6. The van der Waals surface area contributed by atoms with Gasteiger partial charge in [-0.05, 0) is 30.4 Å². The van der Waals surface area contributed by atoms with E-state index in [1.54, 1.807) is 11.4 Å². The Hall–Kier alpha value is -2.11. The molecule has 1 aliphatic heterocycles.